The molecule has 0 aromatic heterocycles. The summed E-state index contributed by atoms with van der Waals surface area (Å²) in [6.07, 6.45) is 2.00. The summed E-state index contributed by atoms with van der Waals surface area (Å²) in [5, 5.41) is 0. The molecule has 0 amide bonds. The van der Waals surface area contributed by atoms with E-state index >= 15 is 0 Å². The van der Waals surface area contributed by atoms with E-state index in [1.165, 1.54) is 11.8 Å². The zero-order valence-corrected chi connectivity index (χ0v) is 12.1. The Hall–Kier alpha value is 1.58. The van der Waals surface area contributed by atoms with Crippen molar-refractivity contribution in [3.05, 3.63) is 12.1 Å². The molecule has 0 saturated carbocycles. The van der Waals surface area contributed by atoms with Crippen molar-refractivity contribution in [2.24, 2.45) is 0 Å². The van der Waals surface area contributed by atoms with E-state index in [-0.39, 0.29) is 57.1 Å². The van der Waals surface area contributed by atoms with Gasteiger partial charge in [-0.1, -0.05) is 13.3 Å². The van der Waals surface area contributed by atoms with Gasteiger partial charge in [-0.15, -0.1) is 12.1 Å². The number of rotatable bonds is 6. The van der Waals surface area contributed by atoms with Crippen molar-refractivity contribution >= 4 is 18.7 Å². The maximum Gasteiger partial charge on any atom is 1.00 e. The van der Waals surface area contributed by atoms with E-state index in [1.807, 2.05) is 6.92 Å². The number of unbranched alkanes of at least 4 members (excludes halogenated alkanes) is 1. The molecule has 0 spiro atoms. The first-order chi connectivity index (χ1) is 5.48. The summed E-state index contributed by atoms with van der Waals surface area (Å²) in [5.74, 6) is 0.825. The van der Waals surface area contributed by atoms with E-state index in [9.17, 15) is 12.9 Å². The SMILES string of the molecule is C=C(CSCCCC)[B-](F)(F)F.[K+]. The molecule has 0 aliphatic rings. The molecule has 6 heteroatoms. The molecular formula is C7H13BF3KS. The molecule has 0 aliphatic heterocycles. The molecule has 72 valence electrons. The van der Waals surface area contributed by atoms with Crippen LogP contribution < -0.4 is 51.4 Å². The first-order valence-corrected chi connectivity index (χ1v) is 5.09. The minimum Gasteiger partial charge on any atom is -0.445 e. The third kappa shape index (κ3) is 9.88. The van der Waals surface area contributed by atoms with E-state index in [2.05, 4.69) is 6.58 Å². The molecule has 0 atom stereocenters. The van der Waals surface area contributed by atoms with Gasteiger partial charge >= 0.3 is 58.4 Å². The van der Waals surface area contributed by atoms with Crippen LogP contribution in [-0.4, -0.2) is 18.5 Å². The second kappa shape index (κ2) is 8.85. The van der Waals surface area contributed by atoms with Crippen molar-refractivity contribution in [1.29, 1.82) is 0 Å². The van der Waals surface area contributed by atoms with Gasteiger partial charge in [0.1, 0.15) is 0 Å². The largest absolute Gasteiger partial charge is 1.00 e. The van der Waals surface area contributed by atoms with Gasteiger partial charge in [0.2, 0.25) is 0 Å². The van der Waals surface area contributed by atoms with Gasteiger partial charge in [-0.2, -0.15) is 11.8 Å². The molecule has 0 aliphatic carbocycles. The van der Waals surface area contributed by atoms with Crippen LogP contribution in [0.2, 0.25) is 0 Å². The summed E-state index contributed by atoms with van der Waals surface area (Å²) in [5.41, 5.74) is -0.573. The van der Waals surface area contributed by atoms with Gasteiger partial charge in [-0.3, -0.25) is 0 Å². The molecule has 0 rings (SSSR count). The molecular weight excluding hydrogens is 223 g/mol. The van der Waals surface area contributed by atoms with Crippen LogP contribution in [0.5, 0.6) is 0 Å². The molecule has 0 aromatic rings. The summed E-state index contributed by atoms with van der Waals surface area (Å²) >= 11 is 1.31. The van der Waals surface area contributed by atoms with Crippen molar-refractivity contribution in [3.8, 4) is 0 Å². The number of hydrogen-bond donors (Lipinski definition) is 0. The first-order valence-electron chi connectivity index (χ1n) is 3.93. The fourth-order valence-corrected chi connectivity index (χ4v) is 1.63. The number of halogens is 3. The van der Waals surface area contributed by atoms with Crippen LogP contribution in [0, 0.1) is 0 Å². The van der Waals surface area contributed by atoms with E-state index < -0.39 is 12.4 Å². The maximum atomic E-state index is 11.9. The van der Waals surface area contributed by atoms with Gasteiger partial charge in [-0.25, -0.2) is 0 Å². The second-order valence-electron chi connectivity index (χ2n) is 2.64. The van der Waals surface area contributed by atoms with Gasteiger partial charge in [-0.05, 0) is 17.9 Å². The molecule has 0 radical (unpaired) electrons. The first kappa shape index (κ1) is 17.0. The Balaban J connectivity index is 0. The summed E-state index contributed by atoms with van der Waals surface area (Å²) in [6, 6.07) is 0. The minimum atomic E-state index is -4.81. The van der Waals surface area contributed by atoms with E-state index in [0.717, 1.165) is 18.6 Å². The summed E-state index contributed by atoms with van der Waals surface area (Å²) < 4.78 is 35.7. The molecule has 0 aromatic carbocycles. The fourth-order valence-electron chi connectivity index (χ4n) is 0.544. The van der Waals surface area contributed by atoms with Crippen molar-refractivity contribution < 1.29 is 64.3 Å². The summed E-state index contributed by atoms with van der Waals surface area (Å²) in [6.45, 7) is 0.216. The average molecular weight is 236 g/mol. The predicted octanol–water partition coefficient (Wildman–Crippen LogP) is 0.466. The molecule has 0 fully saturated rings. The van der Waals surface area contributed by atoms with E-state index in [1.54, 1.807) is 0 Å². The van der Waals surface area contributed by atoms with Crippen LogP contribution in [0.1, 0.15) is 19.8 Å². The van der Waals surface area contributed by atoms with Crippen LogP contribution in [-0.2, 0) is 0 Å². The zero-order chi connectivity index (χ0) is 9.61. The number of thioether (sulfide) groups is 1. The average Bonchev–Trinajstić information content (AvgIpc) is 1.96. The Kier molecular flexibility index (Phi) is 11.6. The molecule has 0 N–H and O–H groups in total. The normalized spacial score (nSPS) is 10.8. The molecule has 0 heterocycles. The van der Waals surface area contributed by atoms with Crippen LogP contribution >= 0.6 is 11.8 Å². The second-order valence-corrected chi connectivity index (χ2v) is 3.74. The van der Waals surface area contributed by atoms with Crippen LogP contribution in [0.3, 0.4) is 0 Å². The summed E-state index contributed by atoms with van der Waals surface area (Å²) in [4.78, 5) is 0. The molecule has 0 bridgehead atoms. The Bertz CT molecular complexity index is 149. The van der Waals surface area contributed by atoms with Crippen molar-refractivity contribution in [3.63, 3.8) is 0 Å². The Morgan fingerprint density at radius 3 is 2.31 bits per heavy atom. The predicted molar refractivity (Wildman–Crippen MR) is 50.5 cm³/mol. The third-order valence-electron chi connectivity index (χ3n) is 1.39. The minimum absolute atomic E-state index is 0. The third-order valence-corrected chi connectivity index (χ3v) is 2.54. The van der Waals surface area contributed by atoms with Crippen molar-refractivity contribution in [1.82, 2.24) is 0 Å². The molecule has 0 saturated heterocycles. The summed E-state index contributed by atoms with van der Waals surface area (Å²) in [7, 11) is 0. The molecule has 0 nitrogen and oxygen atoms in total. The van der Waals surface area contributed by atoms with Crippen molar-refractivity contribution in [2.45, 2.75) is 19.8 Å². The van der Waals surface area contributed by atoms with E-state index in [0.29, 0.717) is 0 Å². The fraction of sp³-hybridized carbons (Fsp3) is 0.714. The van der Waals surface area contributed by atoms with Gasteiger partial charge in [0.25, 0.3) is 0 Å². The van der Waals surface area contributed by atoms with Crippen LogP contribution in [0.15, 0.2) is 12.1 Å². The Morgan fingerprint density at radius 1 is 1.38 bits per heavy atom. The van der Waals surface area contributed by atoms with Gasteiger partial charge in [0, 0.05) is 0 Å². The smallest absolute Gasteiger partial charge is 0.445 e. The maximum absolute atomic E-state index is 11.9. The van der Waals surface area contributed by atoms with Gasteiger partial charge < -0.3 is 12.9 Å². The van der Waals surface area contributed by atoms with Crippen LogP contribution in [0.25, 0.3) is 0 Å². The van der Waals surface area contributed by atoms with Gasteiger partial charge in [0.15, 0.2) is 0 Å². The quantitative estimate of drug-likeness (QED) is 0.477. The zero-order valence-electron chi connectivity index (χ0n) is 8.16. The van der Waals surface area contributed by atoms with Crippen LogP contribution in [0.4, 0.5) is 12.9 Å². The number of hydrogen-bond acceptors (Lipinski definition) is 1. The van der Waals surface area contributed by atoms with Gasteiger partial charge in [0.05, 0.1) is 0 Å². The standard InChI is InChI=1S/C7H13BF3S.K/c1-3-4-5-12-6-7(2)8(9,10)11;/h2-6H2,1H3;/q-1;+1. The molecule has 0 unspecified atom stereocenters. The van der Waals surface area contributed by atoms with Crippen molar-refractivity contribution in [2.75, 3.05) is 11.5 Å². The van der Waals surface area contributed by atoms with E-state index in [4.69, 9.17) is 0 Å². The monoisotopic (exact) mass is 236 g/mol. The Morgan fingerprint density at radius 2 is 1.92 bits per heavy atom. The molecule has 13 heavy (non-hydrogen) atoms. The topological polar surface area (TPSA) is 0 Å². The Labute approximate surface area is 125 Å².